The van der Waals surface area contributed by atoms with Crippen LogP contribution >= 0.6 is 0 Å². The lowest BCUT2D eigenvalue weighted by molar-refractivity contribution is -0.136. The summed E-state index contributed by atoms with van der Waals surface area (Å²) in [4.78, 5) is 72.0. The molecule has 1 aliphatic carbocycles. The van der Waals surface area contributed by atoms with E-state index in [1.807, 2.05) is 38.2 Å². The highest BCUT2D eigenvalue weighted by Gasteiger charge is 2.47. The molecule has 57 heavy (non-hydrogen) atoms. The summed E-state index contributed by atoms with van der Waals surface area (Å²) in [5.41, 5.74) is 2.65. The van der Waals surface area contributed by atoms with Gasteiger partial charge in [0.25, 0.3) is 11.8 Å². The van der Waals surface area contributed by atoms with Crippen LogP contribution in [0.25, 0.3) is 10.9 Å². The third-order valence-corrected chi connectivity index (χ3v) is 12.1. The number of nitrogens with one attached hydrogen (secondary N) is 2. The minimum atomic E-state index is -3.49. The molecule has 5 heterocycles. The number of H-pyrrole nitrogens is 1. The van der Waals surface area contributed by atoms with Crippen LogP contribution in [0.5, 0.6) is 0 Å². The molecule has 4 amide bonds. The minimum Gasteiger partial charge on any atom is -0.371 e. The van der Waals surface area contributed by atoms with Crippen LogP contribution in [0.4, 0.5) is 15.8 Å². The van der Waals surface area contributed by atoms with Gasteiger partial charge < -0.3 is 14.8 Å². The molecule has 1 atom stereocenters. The van der Waals surface area contributed by atoms with Crippen molar-refractivity contribution in [3.63, 3.8) is 0 Å². The van der Waals surface area contributed by atoms with Crippen LogP contribution < -0.4 is 15.1 Å². The number of halogens is 1. The molecule has 1 unspecified atom stereocenters. The molecular formula is C44H44FN7O5. The Bertz CT molecular complexity index is 2820. The molecule has 3 fully saturated rings. The molecule has 0 bridgehead atoms. The SMILES string of the molecule is [2H]C1([2H])N(CC2CCN(c3cc4c(cc3CC)C(=O)c3c([nH]c5cc(C#N)ccc35)C4(C)C)CC2)C([2H])([2H])C([2H])([2H])N(c2ccc3c(c2F)C(=O)N(C2CCC(=O)NC2=O)C3=O)C1([2H])[2H]. The van der Waals surface area contributed by atoms with Gasteiger partial charge in [-0.05, 0) is 79.1 Å². The average molecular weight is 778 g/mol. The smallest absolute Gasteiger partial charge is 0.265 e. The lowest BCUT2D eigenvalue weighted by atomic mass is 9.70. The molecule has 3 saturated heterocycles. The number of nitriles is 1. The van der Waals surface area contributed by atoms with E-state index in [-0.39, 0.29) is 23.5 Å². The molecule has 9 rings (SSSR count). The molecule has 1 aromatic heterocycles. The van der Waals surface area contributed by atoms with Crippen molar-refractivity contribution >= 4 is 51.7 Å². The molecule has 0 spiro atoms. The highest BCUT2D eigenvalue weighted by molar-refractivity contribution is 6.24. The number of piperidine rings is 2. The second-order valence-corrected chi connectivity index (χ2v) is 15.7. The topological polar surface area (TPSA) is 150 Å². The molecule has 4 aromatic rings. The van der Waals surface area contributed by atoms with Gasteiger partial charge in [0.2, 0.25) is 11.8 Å². The molecule has 4 aliphatic heterocycles. The Balaban J connectivity index is 0.968. The maximum atomic E-state index is 16.6. The fourth-order valence-corrected chi connectivity index (χ4v) is 8.94. The van der Waals surface area contributed by atoms with Crippen LogP contribution in [0.1, 0.15) is 116 Å². The number of anilines is 2. The number of carbonyl (C=O) groups excluding carboxylic acids is 5. The number of nitrogens with zero attached hydrogens (tertiary/aromatic N) is 5. The first kappa shape index (κ1) is 28.5. The summed E-state index contributed by atoms with van der Waals surface area (Å²) in [5.74, 6) is -6.12. The maximum Gasteiger partial charge on any atom is 0.265 e. The number of ketones is 1. The zero-order valence-electron chi connectivity index (χ0n) is 39.5. The van der Waals surface area contributed by atoms with E-state index in [2.05, 4.69) is 16.0 Å². The third kappa shape index (κ3) is 5.83. The molecule has 13 heteroatoms. The third-order valence-electron chi connectivity index (χ3n) is 12.1. The lowest BCUT2D eigenvalue weighted by Gasteiger charge is -2.41. The molecule has 0 radical (unpaired) electrons. The predicted molar refractivity (Wildman–Crippen MR) is 211 cm³/mol. The van der Waals surface area contributed by atoms with Gasteiger partial charge in [-0.15, -0.1) is 0 Å². The van der Waals surface area contributed by atoms with Crippen LogP contribution in [0.2, 0.25) is 0 Å². The highest BCUT2D eigenvalue weighted by Crippen LogP contribution is 2.46. The van der Waals surface area contributed by atoms with Gasteiger partial charge in [0, 0.05) is 90.8 Å². The predicted octanol–water partition coefficient (Wildman–Crippen LogP) is 5.05. The van der Waals surface area contributed by atoms with E-state index >= 15 is 4.39 Å². The van der Waals surface area contributed by atoms with Crippen molar-refractivity contribution in [1.82, 2.24) is 20.1 Å². The Morgan fingerprint density at radius 1 is 0.895 bits per heavy atom. The van der Waals surface area contributed by atoms with Gasteiger partial charge in [0.15, 0.2) is 11.6 Å². The molecule has 5 aliphatic rings. The molecule has 0 saturated carbocycles. The molecule has 2 N–H and O–H groups in total. The molecule has 12 nitrogen and oxygen atoms in total. The molecule has 292 valence electrons. The Kier molecular flexibility index (Phi) is 6.83. The van der Waals surface area contributed by atoms with Crippen LogP contribution in [0.3, 0.4) is 0 Å². The number of rotatable bonds is 6. The van der Waals surface area contributed by atoms with Crippen molar-refractivity contribution in [3.8, 4) is 6.07 Å². The monoisotopic (exact) mass is 777 g/mol. The number of amides is 4. The first-order chi connectivity index (χ1) is 30.4. The number of hydrogen-bond donors (Lipinski definition) is 2. The summed E-state index contributed by atoms with van der Waals surface area (Å²) >= 11 is 0. The van der Waals surface area contributed by atoms with Crippen molar-refractivity contribution in [2.24, 2.45) is 5.92 Å². The van der Waals surface area contributed by atoms with Crippen molar-refractivity contribution < 1.29 is 39.3 Å². The zero-order chi connectivity index (χ0) is 47.1. The van der Waals surface area contributed by atoms with Gasteiger partial charge >= 0.3 is 0 Å². The van der Waals surface area contributed by atoms with Crippen LogP contribution in [-0.4, -0.2) is 95.9 Å². The summed E-state index contributed by atoms with van der Waals surface area (Å²) < 4.78 is 89.2. The number of aromatic amines is 1. The summed E-state index contributed by atoms with van der Waals surface area (Å²) in [6.45, 7) is -7.10. The summed E-state index contributed by atoms with van der Waals surface area (Å²) in [7, 11) is 0. The number of fused-ring (bicyclic) bond motifs is 5. The normalized spacial score (nSPS) is 26.8. The Morgan fingerprint density at radius 2 is 1.65 bits per heavy atom. The van der Waals surface area contributed by atoms with Crippen molar-refractivity contribution in [2.45, 2.75) is 64.3 Å². The van der Waals surface area contributed by atoms with Crippen molar-refractivity contribution in [2.75, 3.05) is 55.4 Å². The van der Waals surface area contributed by atoms with Crippen molar-refractivity contribution in [3.05, 3.63) is 92.9 Å². The fourth-order valence-electron chi connectivity index (χ4n) is 8.94. The van der Waals surface area contributed by atoms with E-state index in [0.29, 0.717) is 64.4 Å². The van der Waals surface area contributed by atoms with Crippen LogP contribution in [0, 0.1) is 23.1 Å². The number of aryl methyl sites for hydroxylation is 1. The van der Waals surface area contributed by atoms with Gasteiger partial charge in [0.05, 0.1) is 39.5 Å². The number of benzene rings is 3. The van der Waals surface area contributed by atoms with E-state index in [4.69, 9.17) is 11.0 Å². The quantitative estimate of drug-likeness (QED) is 0.257. The largest absolute Gasteiger partial charge is 0.371 e. The van der Waals surface area contributed by atoms with Gasteiger partial charge in [-0.2, -0.15) is 5.26 Å². The number of hydrogen-bond acceptors (Lipinski definition) is 9. The number of imide groups is 2. The fraction of sp³-hybridized carbons (Fsp3) is 0.409. The Hall–Kier alpha value is -5.87. The van der Waals surface area contributed by atoms with Crippen molar-refractivity contribution in [1.29, 1.82) is 5.26 Å². The second kappa shape index (κ2) is 13.7. The first-order valence-electron chi connectivity index (χ1n) is 23.1. The van der Waals surface area contributed by atoms with Gasteiger partial charge in [-0.1, -0.05) is 26.8 Å². The zero-order valence-corrected chi connectivity index (χ0v) is 31.5. The van der Waals surface area contributed by atoms with Crippen LogP contribution in [0.15, 0.2) is 42.5 Å². The van der Waals surface area contributed by atoms with E-state index in [1.165, 1.54) is 0 Å². The summed E-state index contributed by atoms with van der Waals surface area (Å²) in [6.07, 6.45) is 0.931. The molecular weight excluding hydrogens is 726 g/mol. The Labute approximate surface area is 340 Å². The van der Waals surface area contributed by atoms with Crippen LogP contribution in [-0.2, 0) is 21.4 Å². The standard InChI is InChI=1S/C44H44FN7O5/c1-4-26-20-29-30(44(2,3)40-37(39(29)54)27-6-5-25(22-46)19-31(27)47-40)21-34(26)50-13-11-24(12-14-50)23-49-15-17-51(18-16-49)32-8-7-28-36(38(32)45)43(57)52(42(28)56)33-9-10-35(53)48-41(33)55/h5-8,19-21,24,33,47H,4,9-18,23H2,1-3H3,(H,48,53,55)/i15D2,16D2,17D2,18D2. The van der Waals surface area contributed by atoms with E-state index in [9.17, 15) is 29.2 Å². The first-order valence-corrected chi connectivity index (χ1v) is 19.1. The van der Waals surface area contributed by atoms with Gasteiger partial charge in [0.1, 0.15) is 6.04 Å². The Morgan fingerprint density at radius 3 is 2.35 bits per heavy atom. The van der Waals surface area contributed by atoms with Gasteiger partial charge in [-0.3, -0.25) is 39.1 Å². The minimum absolute atomic E-state index is 0.0120. The molecule has 3 aromatic carbocycles. The lowest BCUT2D eigenvalue weighted by Crippen LogP contribution is -2.54. The summed E-state index contributed by atoms with van der Waals surface area (Å²) in [6, 6.07) is 11.6. The number of carbonyl (C=O) groups is 5. The highest BCUT2D eigenvalue weighted by atomic mass is 19.1. The second-order valence-electron chi connectivity index (χ2n) is 15.7. The number of aromatic nitrogens is 1. The van der Waals surface area contributed by atoms with E-state index in [0.717, 1.165) is 40.0 Å². The van der Waals surface area contributed by atoms with Gasteiger partial charge in [-0.25, -0.2) is 4.39 Å². The maximum absolute atomic E-state index is 16.6. The van der Waals surface area contributed by atoms with E-state index in [1.54, 1.807) is 18.2 Å². The number of piperazine rings is 1. The average Bonchev–Trinajstić information content (AvgIpc) is 3.76. The van der Waals surface area contributed by atoms with E-state index < -0.39 is 96.2 Å². The summed E-state index contributed by atoms with van der Waals surface area (Å²) in [5, 5.41) is 12.3.